The number of rotatable bonds is 3. The van der Waals surface area contributed by atoms with Crippen LogP contribution in [0.3, 0.4) is 0 Å². The molecule has 1 aliphatic rings. The molecule has 4 heteroatoms. The molecule has 4 nitrogen and oxygen atoms in total. The van der Waals surface area contributed by atoms with Crippen LogP contribution >= 0.6 is 0 Å². The zero-order chi connectivity index (χ0) is 9.73. The van der Waals surface area contributed by atoms with Crippen LogP contribution in [0.25, 0.3) is 0 Å². The van der Waals surface area contributed by atoms with Crippen molar-refractivity contribution in [1.29, 1.82) is 0 Å². The summed E-state index contributed by atoms with van der Waals surface area (Å²) in [5, 5.41) is 0. The van der Waals surface area contributed by atoms with Crippen LogP contribution in [-0.2, 0) is 14.4 Å². The van der Waals surface area contributed by atoms with Gasteiger partial charge in [-0.3, -0.25) is 9.63 Å². The topological polar surface area (TPSA) is 47.6 Å². The first-order valence-corrected chi connectivity index (χ1v) is 4.12. The molecule has 13 heavy (non-hydrogen) atoms. The quantitative estimate of drug-likeness (QED) is 0.383. The van der Waals surface area contributed by atoms with Crippen LogP contribution in [0, 0.1) is 17.8 Å². The van der Waals surface area contributed by atoms with Gasteiger partial charge in [-0.25, -0.2) is 5.48 Å². The zero-order valence-electron chi connectivity index (χ0n) is 7.63. The summed E-state index contributed by atoms with van der Waals surface area (Å²) in [6.45, 7) is 2.99. The van der Waals surface area contributed by atoms with Gasteiger partial charge in [0.2, 0.25) is 0 Å². The van der Waals surface area contributed by atoms with E-state index in [1.807, 2.05) is 6.92 Å². The third-order valence-electron chi connectivity index (χ3n) is 2.09. The molecule has 0 aliphatic carbocycles. The van der Waals surface area contributed by atoms with E-state index >= 15 is 0 Å². The van der Waals surface area contributed by atoms with Crippen LogP contribution in [0.5, 0.6) is 0 Å². The number of hydroxylamine groups is 1. The maximum Gasteiger partial charge on any atom is 0.251 e. The van der Waals surface area contributed by atoms with E-state index in [1.165, 1.54) is 0 Å². The van der Waals surface area contributed by atoms with Crippen LogP contribution in [0.1, 0.15) is 13.3 Å². The van der Waals surface area contributed by atoms with Crippen molar-refractivity contribution in [3.05, 3.63) is 0 Å². The molecule has 1 amide bonds. The largest absolute Gasteiger partial charge is 0.380 e. The van der Waals surface area contributed by atoms with Crippen molar-refractivity contribution in [2.24, 2.45) is 5.41 Å². The summed E-state index contributed by atoms with van der Waals surface area (Å²) in [6, 6.07) is 0. The molecule has 1 N–H and O–H groups in total. The second kappa shape index (κ2) is 4.26. The summed E-state index contributed by atoms with van der Waals surface area (Å²) in [5.74, 6) is 2.09. The lowest BCUT2D eigenvalue weighted by Gasteiger charge is -2.19. The van der Waals surface area contributed by atoms with E-state index < -0.39 is 5.41 Å². The van der Waals surface area contributed by atoms with Crippen LogP contribution in [-0.4, -0.2) is 25.7 Å². The second-order valence-electron chi connectivity index (χ2n) is 3.29. The van der Waals surface area contributed by atoms with Crippen molar-refractivity contribution in [3.63, 3.8) is 0 Å². The van der Waals surface area contributed by atoms with Crippen LogP contribution in [0.2, 0.25) is 0 Å². The number of terminal acetylenes is 1. The average Bonchev–Trinajstić information content (AvgIpc) is 2.54. The van der Waals surface area contributed by atoms with E-state index in [9.17, 15) is 4.79 Å². The van der Waals surface area contributed by atoms with Gasteiger partial charge in [-0.1, -0.05) is 5.92 Å². The first-order valence-electron chi connectivity index (χ1n) is 4.12. The van der Waals surface area contributed by atoms with Gasteiger partial charge in [0.25, 0.3) is 5.91 Å². The van der Waals surface area contributed by atoms with Crippen molar-refractivity contribution in [1.82, 2.24) is 5.48 Å². The minimum absolute atomic E-state index is 0.0860. The highest BCUT2D eigenvalue weighted by Gasteiger charge is 2.37. The first-order chi connectivity index (χ1) is 6.19. The molecule has 0 spiro atoms. The SMILES string of the molecule is C#CCONC(=O)C1(C)CCOC1. The summed E-state index contributed by atoms with van der Waals surface area (Å²) >= 11 is 0. The second-order valence-corrected chi connectivity index (χ2v) is 3.29. The summed E-state index contributed by atoms with van der Waals surface area (Å²) in [5.41, 5.74) is 1.84. The fourth-order valence-corrected chi connectivity index (χ4v) is 1.11. The summed E-state index contributed by atoms with van der Waals surface area (Å²) in [6.07, 6.45) is 5.67. The Morgan fingerprint density at radius 2 is 2.62 bits per heavy atom. The highest BCUT2D eigenvalue weighted by atomic mass is 16.6. The fraction of sp³-hybridized carbons (Fsp3) is 0.667. The highest BCUT2D eigenvalue weighted by Crippen LogP contribution is 2.27. The molecule has 0 radical (unpaired) electrons. The summed E-state index contributed by atoms with van der Waals surface area (Å²) in [4.78, 5) is 16.2. The number of hydrogen-bond acceptors (Lipinski definition) is 3. The lowest BCUT2D eigenvalue weighted by molar-refractivity contribution is -0.142. The Morgan fingerprint density at radius 3 is 3.15 bits per heavy atom. The van der Waals surface area contributed by atoms with Crippen LogP contribution in [0.15, 0.2) is 0 Å². The zero-order valence-corrected chi connectivity index (χ0v) is 7.63. The molecule has 1 unspecified atom stereocenters. The maximum atomic E-state index is 11.5. The number of nitrogens with one attached hydrogen (secondary N) is 1. The molecule has 1 atom stereocenters. The average molecular weight is 183 g/mol. The van der Waals surface area contributed by atoms with Crippen molar-refractivity contribution in [2.45, 2.75) is 13.3 Å². The van der Waals surface area contributed by atoms with Gasteiger partial charge in [0, 0.05) is 6.61 Å². The van der Waals surface area contributed by atoms with Crippen molar-refractivity contribution in [3.8, 4) is 12.3 Å². The van der Waals surface area contributed by atoms with E-state index in [0.29, 0.717) is 13.2 Å². The summed E-state index contributed by atoms with van der Waals surface area (Å²) < 4.78 is 5.13. The molecule has 1 saturated heterocycles. The molecule has 0 saturated carbocycles. The minimum atomic E-state index is -0.464. The maximum absolute atomic E-state index is 11.5. The molecule has 1 fully saturated rings. The Labute approximate surface area is 77.5 Å². The van der Waals surface area contributed by atoms with E-state index in [-0.39, 0.29) is 12.5 Å². The van der Waals surface area contributed by atoms with E-state index in [2.05, 4.69) is 11.4 Å². The Kier molecular flexibility index (Phi) is 3.29. The van der Waals surface area contributed by atoms with Gasteiger partial charge in [0.1, 0.15) is 6.61 Å². The Bertz CT molecular complexity index is 226. The van der Waals surface area contributed by atoms with Crippen LogP contribution < -0.4 is 5.48 Å². The Morgan fingerprint density at radius 1 is 1.85 bits per heavy atom. The monoisotopic (exact) mass is 183 g/mol. The normalized spacial score (nSPS) is 26.8. The lowest BCUT2D eigenvalue weighted by atomic mass is 9.89. The molecule has 1 aliphatic heterocycles. The number of carbonyl (C=O) groups excluding carboxylic acids is 1. The third-order valence-corrected chi connectivity index (χ3v) is 2.09. The molecule has 0 aromatic carbocycles. The predicted molar refractivity (Wildman–Crippen MR) is 46.5 cm³/mol. The molecular formula is C9H13NO3. The number of carbonyl (C=O) groups is 1. The standard InChI is InChI=1S/C9H13NO3/c1-3-5-13-10-8(11)9(2)4-6-12-7-9/h1H,4-7H2,2H3,(H,10,11). The third kappa shape index (κ3) is 2.44. The number of hydrogen-bond donors (Lipinski definition) is 1. The molecule has 0 aromatic rings. The highest BCUT2D eigenvalue weighted by molar-refractivity contribution is 5.81. The van der Waals surface area contributed by atoms with Gasteiger partial charge in [-0.15, -0.1) is 6.42 Å². The predicted octanol–water partition coefficient (Wildman–Crippen LogP) is 0.0940. The van der Waals surface area contributed by atoms with Crippen molar-refractivity contribution in [2.75, 3.05) is 19.8 Å². The van der Waals surface area contributed by atoms with E-state index in [4.69, 9.17) is 16.0 Å². The van der Waals surface area contributed by atoms with Gasteiger partial charge in [0.05, 0.1) is 12.0 Å². The molecular weight excluding hydrogens is 170 g/mol. The molecule has 1 heterocycles. The Hall–Kier alpha value is -1.05. The number of ether oxygens (including phenoxy) is 1. The fourth-order valence-electron chi connectivity index (χ4n) is 1.11. The smallest absolute Gasteiger partial charge is 0.251 e. The number of amides is 1. The van der Waals surface area contributed by atoms with E-state index in [0.717, 1.165) is 6.42 Å². The van der Waals surface area contributed by atoms with Gasteiger partial charge >= 0.3 is 0 Å². The van der Waals surface area contributed by atoms with Gasteiger partial charge in [0.15, 0.2) is 0 Å². The van der Waals surface area contributed by atoms with Crippen molar-refractivity contribution >= 4 is 5.91 Å². The van der Waals surface area contributed by atoms with Gasteiger partial charge in [-0.2, -0.15) is 0 Å². The van der Waals surface area contributed by atoms with Gasteiger partial charge in [-0.05, 0) is 13.3 Å². The summed E-state index contributed by atoms with van der Waals surface area (Å²) in [7, 11) is 0. The van der Waals surface area contributed by atoms with E-state index in [1.54, 1.807) is 0 Å². The lowest BCUT2D eigenvalue weighted by Crippen LogP contribution is -2.39. The molecule has 0 aromatic heterocycles. The Balaban J connectivity index is 2.34. The molecule has 0 bridgehead atoms. The van der Waals surface area contributed by atoms with Crippen LogP contribution in [0.4, 0.5) is 0 Å². The minimum Gasteiger partial charge on any atom is -0.380 e. The molecule has 72 valence electrons. The van der Waals surface area contributed by atoms with Gasteiger partial charge < -0.3 is 4.74 Å². The first kappa shape index (κ1) is 10.0. The van der Waals surface area contributed by atoms with Crippen molar-refractivity contribution < 1.29 is 14.4 Å². The molecule has 1 rings (SSSR count).